The SMILES string of the molecule is CC(C)(C)c1ccccc1OCC(=O)Nc1cccc(C(=O)NCc2ccco2)c1. The molecule has 0 atom stereocenters. The molecule has 1 aromatic heterocycles. The Bertz CT molecular complexity index is 1000. The third kappa shape index (κ3) is 5.73. The third-order valence-electron chi connectivity index (χ3n) is 4.47. The highest BCUT2D eigenvalue weighted by molar-refractivity contribution is 5.97. The summed E-state index contributed by atoms with van der Waals surface area (Å²) in [6.45, 7) is 6.46. The van der Waals surface area contributed by atoms with Crippen molar-refractivity contribution in [2.24, 2.45) is 0 Å². The van der Waals surface area contributed by atoms with Gasteiger partial charge < -0.3 is 19.8 Å². The molecule has 2 N–H and O–H groups in total. The molecule has 2 aromatic carbocycles. The quantitative estimate of drug-likeness (QED) is 0.604. The molecule has 0 fully saturated rings. The lowest BCUT2D eigenvalue weighted by Crippen LogP contribution is -2.24. The van der Waals surface area contributed by atoms with Crippen molar-refractivity contribution in [2.45, 2.75) is 32.7 Å². The molecule has 0 aliphatic carbocycles. The Hall–Kier alpha value is -3.54. The molecule has 0 spiro atoms. The number of para-hydroxylation sites is 1. The number of carbonyl (C=O) groups is 2. The number of amides is 2. The Balaban J connectivity index is 1.57. The third-order valence-corrected chi connectivity index (χ3v) is 4.47. The fourth-order valence-corrected chi connectivity index (χ4v) is 2.97. The smallest absolute Gasteiger partial charge is 0.262 e. The predicted molar refractivity (Wildman–Crippen MR) is 116 cm³/mol. The summed E-state index contributed by atoms with van der Waals surface area (Å²) >= 11 is 0. The van der Waals surface area contributed by atoms with Gasteiger partial charge in [0, 0.05) is 11.3 Å². The second-order valence-electron chi connectivity index (χ2n) is 7.93. The molecule has 0 unspecified atom stereocenters. The van der Waals surface area contributed by atoms with Crippen LogP contribution in [-0.2, 0) is 16.8 Å². The van der Waals surface area contributed by atoms with Crippen molar-refractivity contribution in [3.05, 3.63) is 83.8 Å². The molecular formula is C24H26N2O4. The zero-order chi connectivity index (χ0) is 21.6. The maximum absolute atomic E-state index is 12.4. The molecule has 0 saturated heterocycles. The van der Waals surface area contributed by atoms with E-state index >= 15 is 0 Å². The number of furan rings is 1. The van der Waals surface area contributed by atoms with Crippen LogP contribution in [0, 0.1) is 0 Å². The van der Waals surface area contributed by atoms with E-state index in [1.807, 2.05) is 24.3 Å². The predicted octanol–water partition coefficient (Wildman–Crippen LogP) is 4.52. The van der Waals surface area contributed by atoms with Gasteiger partial charge in [0.1, 0.15) is 11.5 Å². The van der Waals surface area contributed by atoms with Gasteiger partial charge in [0.05, 0.1) is 12.8 Å². The van der Waals surface area contributed by atoms with Crippen molar-refractivity contribution >= 4 is 17.5 Å². The maximum atomic E-state index is 12.4. The fourth-order valence-electron chi connectivity index (χ4n) is 2.97. The van der Waals surface area contributed by atoms with E-state index in [1.165, 1.54) is 0 Å². The van der Waals surface area contributed by atoms with E-state index in [9.17, 15) is 9.59 Å². The van der Waals surface area contributed by atoms with Gasteiger partial charge in [0.25, 0.3) is 11.8 Å². The van der Waals surface area contributed by atoms with E-state index in [-0.39, 0.29) is 23.8 Å². The number of rotatable bonds is 7. The van der Waals surface area contributed by atoms with Gasteiger partial charge in [-0.3, -0.25) is 9.59 Å². The number of carbonyl (C=O) groups excluding carboxylic acids is 2. The Morgan fingerprint density at radius 2 is 1.80 bits per heavy atom. The number of benzene rings is 2. The summed E-state index contributed by atoms with van der Waals surface area (Å²) in [6.07, 6.45) is 1.56. The standard InChI is InChI=1S/C24H26N2O4/c1-24(2,3)20-11-4-5-12-21(20)30-16-22(27)26-18-9-6-8-17(14-18)23(28)25-15-19-10-7-13-29-19/h4-14H,15-16H2,1-3H3,(H,25,28)(H,26,27). The van der Waals surface area contributed by atoms with Gasteiger partial charge in [-0.15, -0.1) is 0 Å². The maximum Gasteiger partial charge on any atom is 0.262 e. The van der Waals surface area contributed by atoms with Crippen LogP contribution in [0.3, 0.4) is 0 Å². The number of hydrogen-bond acceptors (Lipinski definition) is 4. The van der Waals surface area contributed by atoms with Gasteiger partial charge in [0.15, 0.2) is 6.61 Å². The second-order valence-corrected chi connectivity index (χ2v) is 7.93. The molecule has 6 nitrogen and oxygen atoms in total. The van der Waals surface area contributed by atoms with E-state index in [4.69, 9.17) is 9.15 Å². The van der Waals surface area contributed by atoms with Crippen LogP contribution in [-0.4, -0.2) is 18.4 Å². The number of ether oxygens (including phenoxy) is 1. The summed E-state index contributed by atoms with van der Waals surface area (Å²) in [5.74, 6) is 0.802. The Morgan fingerprint density at radius 1 is 1.00 bits per heavy atom. The topological polar surface area (TPSA) is 80.6 Å². The minimum absolute atomic E-state index is 0.0928. The number of hydrogen-bond donors (Lipinski definition) is 2. The summed E-state index contributed by atoms with van der Waals surface area (Å²) < 4.78 is 11.0. The molecule has 3 aromatic rings. The van der Waals surface area contributed by atoms with Gasteiger partial charge in [-0.1, -0.05) is 45.0 Å². The zero-order valence-electron chi connectivity index (χ0n) is 17.4. The summed E-state index contributed by atoms with van der Waals surface area (Å²) in [6, 6.07) is 18.0. The van der Waals surface area contributed by atoms with E-state index in [2.05, 4.69) is 31.4 Å². The molecule has 0 radical (unpaired) electrons. The molecular weight excluding hydrogens is 380 g/mol. The molecule has 1 heterocycles. The van der Waals surface area contributed by atoms with Gasteiger partial charge in [-0.05, 0) is 47.4 Å². The van der Waals surface area contributed by atoms with Crippen LogP contribution in [0.5, 0.6) is 5.75 Å². The van der Waals surface area contributed by atoms with E-state index in [1.54, 1.807) is 42.7 Å². The highest BCUT2D eigenvalue weighted by Gasteiger charge is 2.19. The average molecular weight is 406 g/mol. The zero-order valence-corrected chi connectivity index (χ0v) is 17.4. The Labute approximate surface area is 176 Å². The first kappa shape index (κ1) is 21.2. The first-order valence-electron chi connectivity index (χ1n) is 9.76. The van der Waals surface area contributed by atoms with Crippen molar-refractivity contribution in [1.82, 2.24) is 5.32 Å². The summed E-state index contributed by atoms with van der Waals surface area (Å²) in [7, 11) is 0. The van der Waals surface area contributed by atoms with Crippen molar-refractivity contribution < 1.29 is 18.7 Å². The summed E-state index contributed by atoms with van der Waals surface area (Å²) in [5, 5.41) is 5.55. The normalized spacial score (nSPS) is 11.0. The number of anilines is 1. The second kappa shape index (κ2) is 9.31. The van der Waals surface area contributed by atoms with Crippen LogP contribution in [0.15, 0.2) is 71.3 Å². The van der Waals surface area contributed by atoms with Crippen LogP contribution < -0.4 is 15.4 Å². The first-order chi connectivity index (χ1) is 14.3. The van der Waals surface area contributed by atoms with E-state index < -0.39 is 0 Å². The van der Waals surface area contributed by atoms with Crippen LogP contribution >= 0.6 is 0 Å². The molecule has 0 aliphatic heterocycles. The van der Waals surface area contributed by atoms with Crippen LogP contribution in [0.4, 0.5) is 5.69 Å². The Morgan fingerprint density at radius 3 is 2.53 bits per heavy atom. The molecule has 30 heavy (non-hydrogen) atoms. The summed E-state index contributed by atoms with van der Waals surface area (Å²) in [4.78, 5) is 24.7. The van der Waals surface area contributed by atoms with Crippen molar-refractivity contribution in [2.75, 3.05) is 11.9 Å². The lowest BCUT2D eigenvalue weighted by Gasteiger charge is -2.22. The first-order valence-corrected chi connectivity index (χ1v) is 9.76. The van der Waals surface area contributed by atoms with E-state index in [0.29, 0.717) is 29.3 Å². The summed E-state index contributed by atoms with van der Waals surface area (Å²) in [5.41, 5.74) is 1.91. The highest BCUT2D eigenvalue weighted by Crippen LogP contribution is 2.30. The van der Waals surface area contributed by atoms with Gasteiger partial charge in [0.2, 0.25) is 0 Å². The van der Waals surface area contributed by atoms with Gasteiger partial charge >= 0.3 is 0 Å². The molecule has 6 heteroatoms. The van der Waals surface area contributed by atoms with Crippen molar-refractivity contribution in [3.8, 4) is 5.75 Å². The molecule has 3 rings (SSSR count). The van der Waals surface area contributed by atoms with Gasteiger partial charge in [-0.2, -0.15) is 0 Å². The van der Waals surface area contributed by atoms with Crippen LogP contribution in [0.1, 0.15) is 42.5 Å². The largest absolute Gasteiger partial charge is 0.483 e. The molecule has 0 saturated carbocycles. The molecule has 2 amide bonds. The molecule has 0 aliphatic rings. The van der Waals surface area contributed by atoms with E-state index in [0.717, 1.165) is 5.56 Å². The van der Waals surface area contributed by atoms with Crippen molar-refractivity contribution in [1.29, 1.82) is 0 Å². The van der Waals surface area contributed by atoms with Crippen LogP contribution in [0.25, 0.3) is 0 Å². The Kier molecular flexibility index (Phi) is 6.57. The highest BCUT2D eigenvalue weighted by atomic mass is 16.5. The minimum Gasteiger partial charge on any atom is -0.483 e. The fraction of sp³-hybridized carbons (Fsp3) is 0.250. The van der Waals surface area contributed by atoms with Crippen molar-refractivity contribution in [3.63, 3.8) is 0 Å². The lowest BCUT2D eigenvalue weighted by molar-refractivity contribution is -0.118. The molecule has 0 bridgehead atoms. The average Bonchev–Trinajstić information content (AvgIpc) is 3.24. The molecule has 156 valence electrons. The van der Waals surface area contributed by atoms with Gasteiger partial charge in [-0.25, -0.2) is 0 Å². The monoisotopic (exact) mass is 406 g/mol. The van der Waals surface area contributed by atoms with Crippen LogP contribution in [0.2, 0.25) is 0 Å². The minimum atomic E-state index is -0.299. The number of nitrogens with one attached hydrogen (secondary N) is 2. The lowest BCUT2D eigenvalue weighted by atomic mass is 9.86.